The maximum Gasteiger partial charge on any atom is 0.330 e. The number of hydrogen-bond acceptors (Lipinski definition) is 8. The van der Waals surface area contributed by atoms with Crippen molar-refractivity contribution in [2.75, 3.05) is 6.61 Å². The van der Waals surface area contributed by atoms with E-state index in [2.05, 4.69) is 4.72 Å². The zero-order chi connectivity index (χ0) is 30.5. The number of sulfonamides is 1. The third-order valence-corrected chi connectivity index (χ3v) is 8.80. The van der Waals surface area contributed by atoms with Gasteiger partial charge in [0.25, 0.3) is 0 Å². The lowest BCUT2D eigenvalue weighted by molar-refractivity contribution is -0.163. The molecule has 0 aliphatic carbocycles. The number of ether oxygens (including phenoxy) is 4. The maximum absolute atomic E-state index is 13.7. The molecule has 2 bridgehead atoms. The Balaban J connectivity index is 1.35. The summed E-state index contributed by atoms with van der Waals surface area (Å²) in [7, 11) is -4.16. The van der Waals surface area contributed by atoms with E-state index in [1.807, 2.05) is 30.3 Å². The number of carbonyl (C=O) groups is 2. The van der Waals surface area contributed by atoms with Gasteiger partial charge in [0.1, 0.15) is 29.6 Å². The van der Waals surface area contributed by atoms with Crippen molar-refractivity contribution in [1.29, 1.82) is 0 Å². The van der Waals surface area contributed by atoms with Crippen molar-refractivity contribution in [1.82, 2.24) is 4.72 Å². The lowest BCUT2D eigenvalue weighted by Gasteiger charge is -2.37. The molecule has 3 aromatic carbocycles. The molecule has 5 rings (SSSR count). The Morgan fingerprint density at radius 3 is 2.58 bits per heavy atom. The topological polar surface area (TPSA) is 117 Å². The molecular weight excluding hydrogens is 577 g/mol. The van der Waals surface area contributed by atoms with Gasteiger partial charge in [0.2, 0.25) is 10.0 Å². The minimum atomic E-state index is -4.16. The number of hydrogen-bond donors (Lipinski definition) is 1. The zero-order valence-corrected chi connectivity index (χ0v) is 24.3. The molecule has 1 N–H and O–H groups in total. The van der Waals surface area contributed by atoms with Crippen LogP contribution >= 0.6 is 0 Å². The Morgan fingerprint density at radius 2 is 1.84 bits per heavy atom. The predicted molar refractivity (Wildman–Crippen MR) is 155 cm³/mol. The molecule has 0 spiro atoms. The van der Waals surface area contributed by atoms with E-state index in [-0.39, 0.29) is 41.9 Å². The van der Waals surface area contributed by atoms with Crippen molar-refractivity contribution < 1.29 is 41.3 Å². The molecule has 0 radical (unpaired) electrons. The first-order valence-electron chi connectivity index (χ1n) is 14.0. The summed E-state index contributed by atoms with van der Waals surface area (Å²) in [5, 5.41) is 0. The van der Waals surface area contributed by atoms with Gasteiger partial charge in [-0.1, -0.05) is 30.3 Å². The molecule has 3 aromatic rings. The number of benzene rings is 3. The van der Waals surface area contributed by atoms with Gasteiger partial charge < -0.3 is 18.9 Å². The highest BCUT2D eigenvalue weighted by Gasteiger charge is 2.51. The van der Waals surface area contributed by atoms with Gasteiger partial charge in [-0.3, -0.25) is 4.79 Å². The molecule has 2 saturated heterocycles. The second-order valence-electron chi connectivity index (χ2n) is 10.4. The average molecular weight is 610 g/mol. The molecule has 0 saturated carbocycles. The van der Waals surface area contributed by atoms with Crippen molar-refractivity contribution in [3.63, 3.8) is 0 Å². The van der Waals surface area contributed by atoms with Crippen LogP contribution in [0.4, 0.5) is 4.39 Å². The van der Waals surface area contributed by atoms with Crippen LogP contribution in [0.5, 0.6) is 11.5 Å². The van der Waals surface area contributed by atoms with Crippen molar-refractivity contribution >= 4 is 28.0 Å². The van der Waals surface area contributed by atoms with Gasteiger partial charge in [-0.2, -0.15) is 4.72 Å². The summed E-state index contributed by atoms with van der Waals surface area (Å²) in [6.07, 6.45) is 3.86. The zero-order valence-electron chi connectivity index (χ0n) is 23.5. The van der Waals surface area contributed by atoms with Crippen LogP contribution in [0.25, 0.3) is 6.08 Å². The molecule has 0 amide bonds. The maximum atomic E-state index is 13.7. The number of esters is 2. The standard InChI is InChI=1S/C32H32FNO8S/c1-2-39-30(35)15-8-23-19-28(13-14-29(23)41-26-11-9-25(33)10-12-26)43(37,38)34-32-17-16-27(42-32)18-24(20-32)31(36)40-21-22-6-4-3-5-7-22/h3-15,19,24,27,34H,2,16-18,20-21H2,1H3. The summed E-state index contributed by atoms with van der Waals surface area (Å²) in [4.78, 5) is 24.8. The SMILES string of the molecule is CCOC(=O)C=Cc1cc(S(=O)(=O)NC23CCC(CC(C(=O)OCc4ccccc4)C2)O3)ccc1Oc1ccc(F)cc1. The number of nitrogens with one attached hydrogen (secondary N) is 1. The fourth-order valence-electron chi connectivity index (χ4n) is 5.29. The Labute approximate surface area is 249 Å². The van der Waals surface area contributed by atoms with Crippen LogP contribution in [-0.4, -0.2) is 38.8 Å². The molecule has 3 atom stereocenters. The second-order valence-corrected chi connectivity index (χ2v) is 12.1. The van der Waals surface area contributed by atoms with Gasteiger partial charge >= 0.3 is 11.9 Å². The first kappa shape index (κ1) is 30.4. The average Bonchev–Trinajstić information content (AvgIpc) is 3.29. The van der Waals surface area contributed by atoms with E-state index in [0.29, 0.717) is 25.0 Å². The van der Waals surface area contributed by atoms with Crippen LogP contribution < -0.4 is 9.46 Å². The van der Waals surface area contributed by atoms with Gasteiger partial charge in [-0.15, -0.1) is 0 Å². The van der Waals surface area contributed by atoms with Gasteiger partial charge in [0, 0.05) is 18.1 Å². The minimum Gasteiger partial charge on any atom is -0.463 e. The van der Waals surface area contributed by atoms with Crippen LogP contribution in [0.2, 0.25) is 0 Å². The van der Waals surface area contributed by atoms with Crippen LogP contribution in [0, 0.1) is 11.7 Å². The first-order chi connectivity index (χ1) is 20.6. The highest BCUT2D eigenvalue weighted by Crippen LogP contribution is 2.44. The summed E-state index contributed by atoms with van der Waals surface area (Å²) >= 11 is 0. The van der Waals surface area contributed by atoms with E-state index in [1.54, 1.807) is 6.92 Å². The fraction of sp³-hybridized carbons (Fsp3) is 0.312. The molecule has 3 unspecified atom stereocenters. The predicted octanol–water partition coefficient (Wildman–Crippen LogP) is 5.50. The van der Waals surface area contributed by atoms with Gasteiger partial charge in [-0.25, -0.2) is 17.6 Å². The lowest BCUT2D eigenvalue weighted by atomic mass is 9.93. The number of fused-ring (bicyclic) bond motifs is 2. The highest BCUT2D eigenvalue weighted by molar-refractivity contribution is 7.89. The summed E-state index contributed by atoms with van der Waals surface area (Å²) in [5.41, 5.74) is -0.127. The largest absolute Gasteiger partial charge is 0.463 e. The molecular formula is C32H32FNO8S. The summed E-state index contributed by atoms with van der Waals surface area (Å²) in [6, 6.07) is 18.8. The molecule has 2 heterocycles. The second kappa shape index (κ2) is 13.1. The molecule has 2 fully saturated rings. The monoisotopic (exact) mass is 609 g/mol. The van der Waals surface area contributed by atoms with Gasteiger partial charge in [0.05, 0.1) is 23.5 Å². The molecule has 2 aliphatic heterocycles. The Bertz CT molecular complexity index is 1590. The van der Waals surface area contributed by atoms with Crippen LogP contribution in [-0.2, 0) is 40.4 Å². The third kappa shape index (κ3) is 7.67. The molecule has 0 aromatic heterocycles. The fourth-order valence-corrected chi connectivity index (χ4v) is 6.66. The molecule has 2 aliphatic rings. The molecule has 9 nitrogen and oxygen atoms in total. The first-order valence-corrected chi connectivity index (χ1v) is 15.5. The van der Waals surface area contributed by atoms with Crippen molar-refractivity contribution in [2.24, 2.45) is 5.92 Å². The van der Waals surface area contributed by atoms with E-state index < -0.39 is 39.4 Å². The van der Waals surface area contributed by atoms with E-state index in [0.717, 1.165) is 11.6 Å². The van der Waals surface area contributed by atoms with Crippen LogP contribution in [0.15, 0.2) is 83.8 Å². The summed E-state index contributed by atoms with van der Waals surface area (Å²) < 4.78 is 65.9. The lowest BCUT2D eigenvalue weighted by Crippen LogP contribution is -2.52. The van der Waals surface area contributed by atoms with Gasteiger partial charge in [-0.05, 0) is 80.3 Å². The van der Waals surface area contributed by atoms with E-state index >= 15 is 0 Å². The van der Waals surface area contributed by atoms with Gasteiger partial charge in [0.15, 0.2) is 0 Å². The van der Waals surface area contributed by atoms with Crippen molar-refractivity contribution in [3.8, 4) is 11.5 Å². The minimum absolute atomic E-state index is 0.0994. The van der Waals surface area contributed by atoms with Crippen LogP contribution in [0.1, 0.15) is 43.7 Å². The van der Waals surface area contributed by atoms with E-state index in [9.17, 15) is 22.4 Å². The Hall–Kier alpha value is -4.06. The Morgan fingerprint density at radius 1 is 1.07 bits per heavy atom. The highest BCUT2D eigenvalue weighted by atomic mass is 32.2. The Kier molecular flexibility index (Phi) is 9.24. The quantitative estimate of drug-likeness (QED) is 0.224. The van der Waals surface area contributed by atoms with Crippen molar-refractivity contribution in [3.05, 3.63) is 95.8 Å². The third-order valence-electron chi connectivity index (χ3n) is 7.28. The molecule has 11 heteroatoms. The smallest absolute Gasteiger partial charge is 0.330 e. The van der Waals surface area contributed by atoms with E-state index in [1.165, 1.54) is 48.5 Å². The molecule has 226 valence electrons. The molecule has 43 heavy (non-hydrogen) atoms. The normalized spacial score (nSPS) is 21.4. The van der Waals surface area contributed by atoms with Crippen molar-refractivity contribution in [2.45, 2.75) is 55.9 Å². The number of halogens is 1. The number of carbonyl (C=O) groups excluding carboxylic acids is 2. The van der Waals surface area contributed by atoms with E-state index in [4.69, 9.17) is 18.9 Å². The number of rotatable bonds is 11. The summed E-state index contributed by atoms with van der Waals surface area (Å²) in [6.45, 7) is 1.97. The van der Waals surface area contributed by atoms with Crippen LogP contribution in [0.3, 0.4) is 0 Å². The summed E-state index contributed by atoms with van der Waals surface area (Å²) in [5.74, 6) is -1.41.